The second-order valence-corrected chi connectivity index (χ2v) is 17.9. The quantitative estimate of drug-likeness (QED) is 0.156. The highest BCUT2D eigenvalue weighted by molar-refractivity contribution is 6.74. The van der Waals surface area contributed by atoms with E-state index in [9.17, 15) is 29.4 Å². The largest absolute Gasteiger partial charge is 0.481 e. The first-order chi connectivity index (χ1) is 15.4. The zero-order valence-electron chi connectivity index (χ0n) is 21.0. The molecule has 0 aliphatic rings. The Morgan fingerprint density at radius 2 is 0.848 bits per heavy atom. The molecule has 2 unspecified atom stereocenters. The molecule has 0 bridgehead atoms. The van der Waals surface area contributed by atoms with E-state index in [0.717, 1.165) is 36.3 Å². The Bertz CT molecular complexity index is 575. The Morgan fingerprint density at radius 1 is 0.576 bits per heavy atom. The zero-order valence-corrected chi connectivity index (χ0v) is 23.0. The predicted molar refractivity (Wildman–Crippen MR) is 129 cm³/mol. The normalized spacial score (nSPS) is 13.9. The van der Waals surface area contributed by atoms with Gasteiger partial charge in [0.25, 0.3) is 0 Å². The minimum absolute atomic E-state index is 0.352. The van der Waals surface area contributed by atoms with E-state index >= 15 is 0 Å². The number of carboxylic acid groups (broad SMARTS) is 2. The summed E-state index contributed by atoms with van der Waals surface area (Å²) in [6.45, 7) is 12.0. The summed E-state index contributed by atoms with van der Waals surface area (Å²) in [6.07, 6.45) is -3.17. The van der Waals surface area contributed by atoms with Gasteiger partial charge in [0.2, 0.25) is 0 Å². The van der Waals surface area contributed by atoms with Crippen LogP contribution < -0.4 is 0 Å². The van der Waals surface area contributed by atoms with Gasteiger partial charge in [0, 0.05) is 0 Å². The van der Waals surface area contributed by atoms with Crippen molar-refractivity contribution in [3.05, 3.63) is 0 Å². The standard InChI is InChI=1S/C22H42O9Si2/c1-7-32(8-2,9-3)30-17(13-19(23)24)15-21(27)29-22(28)16-18(14-20(25)26)31-33(10-4,11-5)12-6/h17-18H,7-16H2,1-6H3,(H,23,24)(H,25,26). The lowest BCUT2D eigenvalue weighted by atomic mass is 10.2. The highest BCUT2D eigenvalue weighted by Gasteiger charge is 2.36. The van der Waals surface area contributed by atoms with E-state index in [1.807, 2.05) is 41.5 Å². The molecule has 9 nitrogen and oxygen atoms in total. The molecule has 0 radical (unpaired) electrons. The fourth-order valence-electron chi connectivity index (χ4n) is 3.99. The molecule has 33 heavy (non-hydrogen) atoms. The average Bonchev–Trinajstić information content (AvgIpc) is 2.74. The Labute approximate surface area is 199 Å². The summed E-state index contributed by atoms with van der Waals surface area (Å²) < 4.78 is 17.2. The van der Waals surface area contributed by atoms with Crippen LogP contribution in [0.2, 0.25) is 36.3 Å². The Morgan fingerprint density at radius 3 is 1.06 bits per heavy atom. The topological polar surface area (TPSA) is 136 Å². The molecule has 2 atom stereocenters. The van der Waals surface area contributed by atoms with Crippen LogP contribution >= 0.6 is 0 Å². The van der Waals surface area contributed by atoms with E-state index in [1.165, 1.54) is 0 Å². The molecule has 192 valence electrons. The van der Waals surface area contributed by atoms with Gasteiger partial charge in [-0.05, 0) is 36.3 Å². The van der Waals surface area contributed by atoms with Gasteiger partial charge in [-0.3, -0.25) is 19.2 Å². The first-order valence-corrected chi connectivity index (χ1v) is 17.0. The van der Waals surface area contributed by atoms with E-state index < -0.39 is 52.7 Å². The summed E-state index contributed by atoms with van der Waals surface area (Å²) >= 11 is 0. The Hall–Kier alpha value is -1.57. The molecule has 0 amide bonds. The molecule has 0 saturated heterocycles. The highest BCUT2D eigenvalue weighted by Crippen LogP contribution is 2.27. The van der Waals surface area contributed by atoms with Crippen LogP contribution in [0.5, 0.6) is 0 Å². The number of hydrogen-bond donors (Lipinski definition) is 2. The molecule has 0 spiro atoms. The maximum absolute atomic E-state index is 12.4. The minimum atomic E-state index is -2.17. The number of rotatable bonds is 18. The van der Waals surface area contributed by atoms with E-state index in [0.29, 0.717) is 0 Å². The summed E-state index contributed by atoms with van der Waals surface area (Å²) in [6, 6.07) is 4.73. The van der Waals surface area contributed by atoms with Crippen LogP contribution in [0, 0.1) is 0 Å². The van der Waals surface area contributed by atoms with Crippen LogP contribution in [0.1, 0.15) is 67.2 Å². The number of carbonyl (C=O) groups is 4. The molecule has 2 N–H and O–H groups in total. The van der Waals surface area contributed by atoms with Gasteiger partial charge in [0.05, 0.1) is 37.9 Å². The third-order valence-corrected chi connectivity index (χ3v) is 15.9. The lowest BCUT2D eigenvalue weighted by Gasteiger charge is -2.33. The number of aliphatic carboxylic acids is 2. The first kappa shape index (κ1) is 31.4. The third kappa shape index (κ3) is 11.4. The summed E-state index contributed by atoms with van der Waals surface area (Å²) in [7, 11) is -4.35. The first-order valence-electron chi connectivity index (χ1n) is 12.0. The van der Waals surface area contributed by atoms with Crippen LogP contribution in [-0.2, 0) is 32.8 Å². The van der Waals surface area contributed by atoms with Gasteiger partial charge in [-0.2, -0.15) is 0 Å². The van der Waals surface area contributed by atoms with Crippen molar-refractivity contribution < 1.29 is 43.0 Å². The van der Waals surface area contributed by atoms with Crippen LogP contribution in [0.25, 0.3) is 0 Å². The molecule has 0 aromatic carbocycles. The van der Waals surface area contributed by atoms with Crippen LogP contribution in [0.15, 0.2) is 0 Å². The maximum Gasteiger partial charge on any atom is 0.316 e. The summed E-state index contributed by atoms with van der Waals surface area (Å²) in [5.41, 5.74) is 0. The van der Waals surface area contributed by atoms with Gasteiger partial charge in [-0.25, -0.2) is 0 Å². The van der Waals surface area contributed by atoms with Crippen molar-refractivity contribution in [3.63, 3.8) is 0 Å². The average molecular weight is 507 g/mol. The molecule has 0 aromatic rings. The molecule has 0 aromatic heterocycles. The number of esters is 2. The molecule has 0 saturated carbocycles. The van der Waals surface area contributed by atoms with E-state index in [4.69, 9.17) is 13.6 Å². The van der Waals surface area contributed by atoms with Gasteiger partial charge in [-0.15, -0.1) is 0 Å². The Balaban J connectivity index is 5.24. The van der Waals surface area contributed by atoms with Crippen molar-refractivity contribution >= 4 is 40.5 Å². The molecule has 11 heteroatoms. The summed E-state index contributed by atoms with van der Waals surface area (Å²) in [5, 5.41) is 18.4. The fourth-order valence-corrected chi connectivity index (χ4v) is 9.74. The third-order valence-electron chi connectivity index (χ3n) is 6.52. The van der Waals surface area contributed by atoms with Gasteiger partial charge in [-0.1, -0.05) is 41.5 Å². The second kappa shape index (κ2) is 15.4. The van der Waals surface area contributed by atoms with Gasteiger partial charge in [0.1, 0.15) is 0 Å². The SMILES string of the molecule is CC[Si](CC)(CC)OC(CC(=O)O)CC(=O)OC(=O)CC(CC(=O)O)O[Si](CC)(CC)CC. The van der Waals surface area contributed by atoms with Crippen molar-refractivity contribution in [1.29, 1.82) is 0 Å². The summed E-state index contributed by atoms with van der Waals surface area (Å²) in [5.74, 6) is -3.95. The van der Waals surface area contributed by atoms with E-state index in [1.54, 1.807) is 0 Å². The van der Waals surface area contributed by atoms with Crippen LogP contribution in [-0.4, -0.2) is 62.9 Å². The lowest BCUT2D eigenvalue weighted by Crippen LogP contribution is -2.42. The second-order valence-electron chi connectivity index (χ2n) is 8.42. The molecular weight excluding hydrogens is 464 g/mol. The molecule has 0 heterocycles. The number of ether oxygens (including phenoxy) is 1. The molecule has 0 aliphatic heterocycles. The van der Waals surface area contributed by atoms with Crippen LogP contribution in [0.4, 0.5) is 0 Å². The van der Waals surface area contributed by atoms with Gasteiger partial charge >= 0.3 is 23.9 Å². The minimum Gasteiger partial charge on any atom is -0.481 e. The fraction of sp³-hybridized carbons (Fsp3) is 0.818. The molecule has 0 fully saturated rings. The molecule has 0 rings (SSSR count). The summed E-state index contributed by atoms with van der Waals surface area (Å²) in [4.78, 5) is 47.4. The number of hydrogen-bond acceptors (Lipinski definition) is 7. The van der Waals surface area contributed by atoms with Crippen molar-refractivity contribution in [3.8, 4) is 0 Å². The number of carboxylic acids is 2. The lowest BCUT2D eigenvalue weighted by molar-refractivity contribution is -0.162. The smallest absolute Gasteiger partial charge is 0.316 e. The highest BCUT2D eigenvalue weighted by atomic mass is 28.4. The molecular formula is C22H42O9Si2. The predicted octanol–water partition coefficient (Wildman–Crippen LogP) is 4.57. The van der Waals surface area contributed by atoms with Gasteiger partial charge < -0.3 is 23.8 Å². The zero-order chi connectivity index (χ0) is 25.7. The van der Waals surface area contributed by atoms with Crippen molar-refractivity contribution in [2.45, 2.75) is 116 Å². The van der Waals surface area contributed by atoms with Crippen molar-refractivity contribution in [2.75, 3.05) is 0 Å². The van der Waals surface area contributed by atoms with E-state index in [-0.39, 0.29) is 25.7 Å². The van der Waals surface area contributed by atoms with E-state index in [2.05, 4.69) is 0 Å². The monoisotopic (exact) mass is 506 g/mol. The van der Waals surface area contributed by atoms with Gasteiger partial charge in [0.15, 0.2) is 16.6 Å². The maximum atomic E-state index is 12.4. The van der Waals surface area contributed by atoms with Crippen molar-refractivity contribution in [1.82, 2.24) is 0 Å². The van der Waals surface area contributed by atoms with Crippen LogP contribution in [0.3, 0.4) is 0 Å². The number of carbonyl (C=O) groups excluding carboxylic acids is 2. The Kier molecular flexibility index (Phi) is 14.6. The van der Waals surface area contributed by atoms with Crippen molar-refractivity contribution in [2.24, 2.45) is 0 Å². The molecule has 0 aliphatic carbocycles.